The SMILES string of the molecule is CCC(=O)NC1=C(F)CCC(C)=C1. The molecular weight excluding hydrogens is 169 g/mol. The van der Waals surface area contributed by atoms with Crippen LogP contribution in [0.4, 0.5) is 4.39 Å². The number of hydrogen-bond donors (Lipinski definition) is 1. The van der Waals surface area contributed by atoms with Crippen molar-refractivity contribution in [3.05, 3.63) is 23.2 Å². The molecule has 1 amide bonds. The first-order valence-corrected chi connectivity index (χ1v) is 4.49. The Morgan fingerprint density at radius 2 is 2.31 bits per heavy atom. The van der Waals surface area contributed by atoms with Crippen LogP contribution in [0.1, 0.15) is 33.1 Å². The van der Waals surface area contributed by atoms with Gasteiger partial charge < -0.3 is 5.32 Å². The van der Waals surface area contributed by atoms with Gasteiger partial charge in [0.1, 0.15) is 5.83 Å². The van der Waals surface area contributed by atoms with Crippen molar-refractivity contribution < 1.29 is 9.18 Å². The summed E-state index contributed by atoms with van der Waals surface area (Å²) < 4.78 is 13.1. The van der Waals surface area contributed by atoms with Crippen LogP contribution in [0.3, 0.4) is 0 Å². The topological polar surface area (TPSA) is 29.1 Å². The molecule has 0 spiro atoms. The fraction of sp³-hybridized carbons (Fsp3) is 0.500. The van der Waals surface area contributed by atoms with Crippen LogP contribution in [-0.4, -0.2) is 5.91 Å². The van der Waals surface area contributed by atoms with Gasteiger partial charge in [-0.3, -0.25) is 4.79 Å². The molecule has 1 N–H and O–H groups in total. The van der Waals surface area contributed by atoms with Crippen LogP contribution < -0.4 is 5.32 Å². The minimum atomic E-state index is -0.215. The third kappa shape index (κ3) is 2.68. The highest BCUT2D eigenvalue weighted by Crippen LogP contribution is 2.22. The summed E-state index contributed by atoms with van der Waals surface area (Å²) in [6, 6.07) is 0. The molecule has 0 saturated carbocycles. The van der Waals surface area contributed by atoms with Crippen LogP contribution in [-0.2, 0) is 4.79 Å². The van der Waals surface area contributed by atoms with Gasteiger partial charge in [-0.05, 0) is 19.4 Å². The normalized spacial score (nSPS) is 17.0. The summed E-state index contributed by atoms with van der Waals surface area (Å²) in [6.07, 6.45) is 3.23. The zero-order valence-corrected chi connectivity index (χ0v) is 7.98. The average molecular weight is 183 g/mol. The Hall–Kier alpha value is -1.12. The largest absolute Gasteiger partial charge is 0.324 e. The molecule has 1 aliphatic rings. The molecule has 13 heavy (non-hydrogen) atoms. The maximum atomic E-state index is 13.1. The van der Waals surface area contributed by atoms with Crippen molar-refractivity contribution in [1.29, 1.82) is 0 Å². The van der Waals surface area contributed by atoms with Crippen molar-refractivity contribution in [3.63, 3.8) is 0 Å². The van der Waals surface area contributed by atoms with Gasteiger partial charge in [0, 0.05) is 12.8 Å². The molecule has 0 aliphatic heterocycles. The van der Waals surface area contributed by atoms with Gasteiger partial charge in [-0.2, -0.15) is 0 Å². The van der Waals surface area contributed by atoms with Gasteiger partial charge in [0.25, 0.3) is 0 Å². The van der Waals surface area contributed by atoms with E-state index in [1.807, 2.05) is 6.92 Å². The van der Waals surface area contributed by atoms with Gasteiger partial charge in [-0.25, -0.2) is 4.39 Å². The molecule has 0 bridgehead atoms. The van der Waals surface area contributed by atoms with Crippen LogP contribution in [0.25, 0.3) is 0 Å². The van der Waals surface area contributed by atoms with Gasteiger partial charge in [0.2, 0.25) is 5.91 Å². The average Bonchev–Trinajstić information content (AvgIpc) is 2.11. The third-order valence-electron chi connectivity index (χ3n) is 2.02. The number of allylic oxidation sites excluding steroid dienone is 3. The molecule has 0 atom stereocenters. The molecule has 72 valence electrons. The second kappa shape index (κ2) is 4.21. The Morgan fingerprint density at radius 3 is 2.92 bits per heavy atom. The molecule has 0 heterocycles. The predicted octanol–water partition coefficient (Wildman–Crippen LogP) is 2.43. The Morgan fingerprint density at radius 1 is 1.62 bits per heavy atom. The molecule has 0 aromatic carbocycles. The van der Waals surface area contributed by atoms with Gasteiger partial charge in [-0.15, -0.1) is 0 Å². The van der Waals surface area contributed by atoms with E-state index in [0.29, 0.717) is 18.5 Å². The molecule has 0 aromatic heterocycles. The molecular formula is C10H14FNO. The van der Waals surface area contributed by atoms with Crippen molar-refractivity contribution in [1.82, 2.24) is 5.32 Å². The molecule has 3 heteroatoms. The minimum absolute atomic E-state index is 0.142. The summed E-state index contributed by atoms with van der Waals surface area (Å²) in [4.78, 5) is 11.0. The number of rotatable bonds is 2. The van der Waals surface area contributed by atoms with Crippen LogP contribution in [0.2, 0.25) is 0 Å². The minimum Gasteiger partial charge on any atom is -0.324 e. The van der Waals surface area contributed by atoms with Crippen molar-refractivity contribution in [2.75, 3.05) is 0 Å². The summed E-state index contributed by atoms with van der Waals surface area (Å²) in [6.45, 7) is 3.68. The van der Waals surface area contributed by atoms with Gasteiger partial charge in [0.05, 0.1) is 5.70 Å². The molecule has 0 saturated heterocycles. The number of carbonyl (C=O) groups excluding carboxylic acids is 1. The van der Waals surface area contributed by atoms with Crippen LogP contribution in [0.5, 0.6) is 0 Å². The summed E-state index contributed by atoms with van der Waals surface area (Å²) in [5.74, 6) is -0.358. The van der Waals surface area contributed by atoms with Gasteiger partial charge in [-0.1, -0.05) is 12.5 Å². The summed E-state index contributed by atoms with van der Waals surface area (Å²) in [7, 11) is 0. The van der Waals surface area contributed by atoms with Gasteiger partial charge >= 0.3 is 0 Å². The van der Waals surface area contributed by atoms with E-state index in [1.165, 1.54) is 0 Å². The third-order valence-corrected chi connectivity index (χ3v) is 2.02. The number of hydrogen-bond acceptors (Lipinski definition) is 1. The monoisotopic (exact) mass is 183 g/mol. The first-order valence-electron chi connectivity index (χ1n) is 4.49. The van der Waals surface area contributed by atoms with E-state index in [4.69, 9.17) is 0 Å². The van der Waals surface area contributed by atoms with E-state index >= 15 is 0 Å². The zero-order chi connectivity index (χ0) is 9.84. The molecule has 2 nitrogen and oxygen atoms in total. The molecule has 0 radical (unpaired) electrons. The smallest absolute Gasteiger partial charge is 0.224 e. The van der Waals surface area contributed by atoms with E-state index < -0.39 is 0 Å². The Kier molecular flexibility index (Phi) is 3.23. The van der Waals surface area contributed by atoms with E-state index in [0.717, 1.165) is 12.0 Å². The lowest BCUT2D eigenvalue weighted by Gasteiger charge is -2.13. The van der Waals surface area contributed by atoms with Crippen LogP contribution >= 0.6 is 0 Å². The van der Waals surface area contributed by atoms with Crippen molar-refractivity contribution in [2.24, 2.45) is 0 Å². The fourth-order valence-corrected chi connectivity index (χ4v) is 1.18. The molecule has 1 aliphatic carbocycles. The number of amides is 1. The Balaban J connectivity index is 2.72. The highest BCUT2D eigenvalue weighted by Gasteiger charge is 2.12. The Labute approximate surface area is 77.5 Å². The lowest BCUT2D eigenvalue weighted by Crippen LogP contribution is -2.22. The lowest BCUT2D eigenvalue weighted by atomic mass is 10.0. The van der Waals surface area contributed by atoms with E-state index in [2.05, 4.69) is 5.32 Å². The summed E-state index contributed by atoms with van der Waals surface area (Å²) in [5.41, 5.74) is 1.45. The van der Waals surface area contributed by atoms with E-state index in [-0.39, 0.29) is 11.7 Å². The second-order valence-electron chi connectivity index (χ2n) is 3.21. The zero-order valence-electron chi connectivity index (χ0n) is 7.98. The number of halogens is 1. The summed E-state index contributed by atoms with van der Waals surface area (Å²) >= 11 is 0. The van der Waals surface area contributed by atoms with Crippen LogP contribution in [0.15, 0.2) is 23.2 Å². The summed E-state index contributed by atoms with van der Waals surface area (Å²) in [5, 5.41) is 2.54. The quantitative estimate of drug-likeness (QED) is 0.700. The highest BCUT2D eigenvalue weighted by atomic mass is 19.1. The Bertz CT molecular complexity index is 279. The molecule has 1 rings (SSSR count). The fourth-order valence-electron chi connectivity index (χ4n) is 1.18. The standard InChI is InChI=1S/C10H14FNO/c1-3-10(13)12-9-6-7(2)4-5-8(9)11/h6H,3-5H2,1-2H3,(H,12,13). The maximum Gasteiger partial charge on any atom is 0.224 e. The molecule has 0 fully saturated rings. The first kappa shape index (κ1) is 9.96. The lowest BCUT2D eigenvalue weighted by molar-refractivity contribution is -0.120. The number of carbonyl (C=O) groups is 1. The predicted molar refractivity (Wildman–Crippen MR) is 49.6 cm³/mol. The molecule has 0 unspecified atom stereocenters. The van der Waals surface area contributed by atoms with E-state index in [1.54, 1.807) is 13.0 Å². The van der Waals surface area contributed by atoms with E-state index in [9.17, 15) is 9.18 Å². The van der Waals surface area contributed by atoms with Crippen molar-refractivity contribution in [2.45, 2.75) is 33.1 Å². The first-order chi connectivity index (χ1) is 6.13. The van der Waals surface area contributed by atoms with Crippen molar-refractivity contribution in [3.8, 4) is 0 Å². The maximum absolute atomic E-state index is 13.1. The second-order valence-corrected chi connectivity index (χ2v) is 3.21. The highest BCUT2D eigenvalue weighted by molar-refractivity contribution is 5.78. The van der Waals surface area contributed by atoms with Gasteiger partial charge in [0.15, 0.2) is 0 Å². The van der Waals surface area contributed by atoms with Crippen LogP contribution in [0, 0.1) is 0 Å². The number of nitrogens with one attached hydrogen (secondary N) is 1. The molecule has 0 aromatic rings. The van der Waals surface area contributed by atoms with Crippen molar-refractivity contribution >= 4 is 5.91 Å².